The van der Waals surface area contributed by atoms with Crippen molar-refractivity contribution in [1.82, 2.24) is 9.80 Å². The summed E-state index contributed by atoms with van der Waals surface area (Å²) in [4.78, 5) is 17.3. The molecule has 0 unspecified atom stereocenters. The maximum absolute atomic E-state index is 13.1. The van der Waals surface area contributed by atoms with Gasteiger partial charge in [-0.3, -0.25) is 9.69 Å². The van der Waals surface area contributed by atoms with Crippen molar-refractivity contribution >= 4 is 5.91 Å². The Morgan fingerprint density at radius 3 is 2.64 bits per heavy atom. The van der Waals surface area contributed by atoms with E-state index in [-0.39, 0.29) is 17.8 Å². The molecule has 1 aliphatic heterocycles. The van der Waals surface area contributed by atoms with Crippen molar-refractivity contribution in [2.75, 3.05) is 26.2 Å². The van der Waals surface area contributed by atoms with Gasteiger partial charge in [0.1, 0.15) is 5.82 Å². The lowest BCUT2D eigenvalue weighted by molar-refractivity contribution is -0.137. The molecule has 1 aromatic carbocycles. The molecule has 1 aromatic rings. The highest BCUT2D eigenvalue weighted by atomic mass is 19.1. The van der Waals surface area contributed by atoms with Crippen molar-refractivity contribution in [3.63, 3.8) is 0 Å². The Labute approximate surface area is 148 Å². The van der Waals surface area contributed by atoms with Gasteiger partial charge in [-0.2, -0.15) is 0 Å². The van der Waals surface area contributed by atoms with Crippen LogP contribution in [0.5, 0.6) is 0 Å². The molecule has 4 nitrogen and oxygen atoms in total. The monoisotopic (exact) mass is 346 g/mol. The number of carbonyl (C=O) groups is 1. The third kappa shape index (κ3) is 4.04. The number of carbonyl (C=O) groups excluding carboxylic acids is 1. The zero-order valence-corrected chi connectivity index (χ0v) is 14.9. The molecule has 1 saturated heterocycles. The van der Waals surface area contributed by atoms with E-state index in [1.807, 2.05) is 0 Å². The van der Waals surface area contributed by atoms with E-state index in [4.69, 9.17) is 4.74 Å². The molecule has 0 bridgehead atoms. The fourth-order valence-corrected chi connectivity index (χ4v) is 3.92. The third-order valence-corrected chi connectivity index (χ3v) is 5.72. The van der Waals surface area contributed by atoms with E-state index in [0.717, 1.165) is 24.9 Å². The second-order valence-electron chi connectivity index (χ2n) is 7.76. The SMILES string of the molecule is C[C@H](C1CC1)N(C(=O)CN1CCO[C@@H](c2ccc(F)cc2)C1)C1CC1. The molecule has 2 aliphatic carbocycles. The lowest BCUT2D eigenvalue weighted by Gasteiger charge is -2.36. The minimum absolute atomic E-state index is 0.0858. The van der Waals surface area contributed by atoms with Gasteiger partial charge in [0.05, 0.1) is 19.3 Å². The second kappa shape index (κ2) is 7.04. The molecule has 0 radical (unpaired) electrons. The first-order chi connectivity index (χ1) is 12.1. The number of halogens is 1. The van der Waals surface area contributed by atoms with Gasteiger partial charge in [-0.05, 0) is 56.2 Å². The number of benzene rings is 1. The highest BCUT2D eigenvalue weighted by Gasteiger charge is 2.42. The van der Waals surface area contributed by atoms with E-state index in [0.29, 0.717) is 37.7 Å². The summed E-state index contributed by atoms with van der Waals surface area (Å²) < 4.78 is 19.0. The highest BCUT2D eigenvalue weighted by molar-refractivity contribution is 5.79. The summed E-state index contributed by atoms with van der Waals surface area (Å²) in [5.74, 6) is 0.739. The Morgan fingerprint density at radius 1 is 1.28 bits per heavy atom. The Kier molecular flexibility index (Phi) is 4.78. The van der Waals surface area contributed by atoms with Gasteiger partial charge < -0.3 is 9.64 Å². The average molecular weight is 346 g/mol. The molecule has 136 valence electrons. The molecule has 0 N–H and O–H groups in total. The van der Waals surface area contributed by atoms with Crippen LogP contribution in [0.15, 0.2) is 24.3 Å². The molecule has 25 heavy (non-hydrogen) atoms. The van der Waals surface area contributed by atoms with Crippen LogP contribution in [0, 0.1) is 11.7 Å². The van der Waals surface area contributed by atoms with Crippen LogP contribution in [0.4, 0.5) is 4.39 Å². The Balaban J connectivity index is 1.37. The van der Waals surface area contributed by atoms with Gasteiger partial charge in [-0.25, -0.2) is 4.39 Å². The summed E-state index contributed by atoms with van der Waals surface area (Å²) in [6.45, 7) is 4.76. The predicted molar refractivity (Wildman–Crippen MR) is 93.6 cm³/mol. The lowest BCUT2D eigenvalue weighted by atomic mass is 10.1. The molecule has 2 atom stereocenters. The minimum atomic E-state index is -0.235. The number of rotatable bonds is 6. The van der Waals surface area contributed by atoms with Gasteiger partial charge >= 0.3 is 0 Å². The largest absolute Gasteiger partial charge is 0.371 e. The van der Waals surface area contributed by atoms with Crippen molar-refractivity contribution in [2.45, 2.75) is 50.8 Å². The number of ether oxygens (including phenoxy) is 1. The van der Waals surface area contributed by atoms with E-state index in [9.17, 15) is 9.18 Å². The van der Waals surface area contributed by atoms with E-state index in [2.05, 4.69) is 16.7 Å². The first-order valence-corrected chi connectivity index (χ1v) is 9.52. The number of amides is 1. The summed E-state index contributed by atoms with van der Waals surface area (Å²) in [6.07, 6.45) is 4.76. The van der Waals surface area contributed by atoms with Gasteiger partial charge in [0.15, 0.2) is 0 Å². The number of nitrogens with zero attached hydrogens (tertiary/aromatic N) is 2. The zero-order valence-electron chi connectivity index (χ0n) is 14.9. The van der Waals surface area contributed by atoms with Gasteiger partial charge in [0.2, 0.25) is 5.91 Å². The molecular formula is C20H27FN2O2. The topological polar surface area (TPSA) is 32.8 Å². The first-order valence-electron chi connectivity index (χ1n) is 9.52. The van der Waals surface area contributed by atoms with Crippen LogP contribution in [0.2, 0.25) is 0 Å². The fraction of sp³-hybridized carbons (Fsp3) is 0.650. The number of morpholine rings is 1. The van der Waals surface area contributed by atoms with Gasteiger partial charge in [0.25, 0.3) is 0 Å². The predicted octanol–water partition coefficient (Wildman–Crippen LogP) is 2.99. The zero-order chi connectivity index (χ0) is 17.4. The van der Waals surface area contributed by atoms with Crippen LogP contribution in [-0.2, 0) is 9.53 Å². The molecule has 0 spiro atoms. The summed E-state index contributed by atoms with van der Waals surface area (Å²) in [7, 11) is 0. The fourth-order valence-electron chi connectivity index (χ4n) is 3.92. The normalized spacial score (nSPS) is 25.6. The van der Waals surface area contributed by atoms with Gasteiger partial charge in [0, 0.05) is 25.2 Å². The smallest absolute Gasteiger partial charge is 0.237 e. The van der Waals surface area contributed by atoms with E-state index in [1.54, 1.807) is 12.1 Å². The van der Waals surface area contributed by atoms with Crippen molar-refractivity contribution in [2.24, 2.45) is 5.92 Å². The van der Waals surface area contributed by atoms with Crippen molar-refractivity contribution in [3.8, 4) is 0 Å². The quantitative estimate of drug-likeness (QED) is 0.794. The maximum atomic E-state index is 13.1. The highest BCUT2D eigenvalue weighted by Crippen LogP contribution is 2.39. The van der Waals surface area contributed by atoms with E-state index >= 15 is 0 Å². The maximum Gasteiger partial charge on any atom is 0.237 e. The number of hydrogen-bond acceptors (Lipinski definition) is 3. The van der Waals surface area contributed by atoms with Gasteiger partial charge in [-0.1, -0.05) is 12.1 Å². The van der Waals surface area contributed by atoms with Gasteiger partial charge in [-0.15, -0.1) is 0 Å². The molecule has 0 aromatic heterocycles. The van der Waals surface area contributed by atoms with Crippen molar-refractivity contribution < 1.29 is 13.9 Å². The second-order valence-corrected chi connectivity index (χ2v) is 7.76. The molecular weight excluding hydrogens is 319 g/mol. The molecule has 4 rings (SSSR count). The number of hydrogen-bond donors (Lipinski definition) is 0. The third-order valence-electron chi connectivity index (χ3n) is 5.72. The molecule has 1 heterocycles. The van der Waals surface area contributed by atoms with Crippen LogP contribution < -0.4 is 0 Å². The summed E-state index contributed by atoms with van der Waals surface area (Å²) in [5, 5.41) is 0. The molecule has 1 amide bonds. The van der Waals surface area contributed by atoms with Crippen LogP contribution in [-0.4, -0.2) is 54.0 Å². The Morgan fingerprint density at radius 2 is 2.00 bits per heavy atom. The van der Waals surface area contributed by atoms with Crippen LogP contribution >= 0.6 is 0 Å². The first kappa shape index (κ1) is 17.0. The lowest BCUT2D eigenvalue weighted by Crippen LogP contribution is -2.49. The van der Waals surface area contributed by atoms with Crippen molar-refractivity contribution in [1.29, 1.82) is 0 Å². The molecule has 3 aliphatic rings. The Hall–Kier alpha value is -1.46. The van der Waals surface area contributed by atoms with Crippen LogP contribution in [0.1, 0.15) is 44.3 Å². The Bertz CT molecular complexity index is 613. The standard InChI is InChI=1S/C20H27FN2O2/c1-14(15-2-3-15)23(18-8-9-18)20(24)13-22-10-11-25-19(12-22)16-4-6-17(21)7-5-16/h4-7,14-15,18-19H,2-3,8-13H2,1H3/t14-,19-/m1/s1. The van der Waals surface area contributed by atoms with Crippen molar-refractivity contribution in [3.05, 3.63) is 35.6 Å². The summed E-state index contributed by atoms with van der Waals surface area (Å²) in [5.41, 5.74) is 0.976. The van der Waals surface area contributed by atoms with E-state index in [1.165, 1.54) is 25.0 Å². The molecule has 5 heteroatoms. The molecule has 3 fully saturated rings. The summed E-state index contributed by atoms with van der Waals surface area (Å²) in [6, 6.07) is 7.34. The average Bonchev–Trinajstić information content (AvgIpc) is 3.48. The van der Waals surface area contributed by atoms with E-state index < -0.39 is 0 Å². The summed E-state index contributed by atoms with van der Waals surface area (Å²) >= 11 is 0. The minimum Gasteiger partial charge on any atom is -0.371 e. The van der Waals surface area contributed by atoms with Crippen LogP contribution in [0.3, 0.4) is 0 Å². The van der Waals surface area contributed by atoms with Crippen LogP contribution in [0.25, 0.3) is 0 Å². The molecule has 2 saturated carbocycles.